The van der Waals surface area contributed by atoms with E-state index >= 15 is 0 Å². The third-order valence-electron chi connectivity index (χ3n) is 3.70. The van der Waals surface area contributed by atoms with Crippen LogP contribution in [0.25, 0.3) is 11.3 Å². The second-order valence-corrected chi connectivity index (χ2v) is 6.36. The maximum absolute atomic E-state index is 14.4. The van der Waals surface area contributed by atoms with Crippen molar-refractivity contribution in [3.63, 3.8) is 0 Å². The van der Waals surface area contributed by atoms with Crippen molar-refractivity contribution in [1.82, 2.24) is 20.0 Å². The zero-order valence-corrected chi connectivity index (χ0v) is 14.1. The number of aryl methyl sites for hydroxylation is 1. The van der Waals surface area contributed by atoms with Gasteiger partial charge in [0.1, 0.15) is 5.82 Å². The molecule has 1 aliphatic rings. The Labute approximate surface area is 145 Å². The van der Waals surface area contributed by atoms with E-state index in [0.29, 0.717) is 12.2 Å². The van der Waals surface area contributed by atoms with Gasteiger partial charge in [-0.15, -0.1) is 0 Å². The Kier molecular flexibility index (Phi) is 4.65. The standard InChI is InChI=1S/C15H15F4N5S/c1-8-13(25-23-21-8)7-20-9-3-4-10(11(16)5-9)12-6-14(15(17,18)19)22-24(12)2/h3-6,20-21,23H,7H2,1-2H3. The lowest BCUT2D eigenvalue weighted by Crippen LogP contribution is -2.16. The van der Waals surface area contributed by atoms with Gasteiger partial charge in [-0.2, -0.15) is 23.1 Å². The molecule has 3 N–H and O–H groups in total. The second kappa shape index (κ2) is 6.60. The third-order valence-corrected chi connectivity index (χ3v) is 4.60. The van der Waals surface area contributed by atoms with Crippen LogP contribution < -0.4 is 15.6 Å². The third kappa shape index (κ3) is 3.74. The molecule has 0 fully saturated rings. The highest BCUT2D eigenvalue weighted by atomic mass is 32.2. The van der Waals surface area contributed by atoms with E-state index in [1.165, 1.54) is 31.1 Å². The monoisotopic (exact) mass is 373 g/mol. The molecule has 0 unspecified atom stereocenters. The summed E-state index contributed by atoms with van der Waals surface area (Å²) in [7, 11) is 1.35. The van der Waals surface area contributed by atoms with Gasteiger partial charge in [-0.1, -0.05) is 0 Å². The molecule has 10 heteroatoms. The van der Waals surface area contributed by atoms with Crippen LogP contribution in [0.3, 0.4) is 0 Å². The van der Waals surface area contributed by atoms with Crippen LogP contribution in [0, 0.1) is 5.82 Å². The first-order chi connectivity index (χ1) is 11.8. The van der Waals surface area contributed by atoms with Gasteiger partial charge in [0.05, 0.1) is 5.69 Å². The molecule has 0 bridgehead atoms. The first kappa shape index (κ1) is 17.6. The number of alkyl halides is 3. The normalized spacial score (nSPS) is 14.8. The van der Waals surface area contributed by atoms with Crippen LogP contribution in [0.4, 0.5) is 23.2 Å². The van der Waals surface area contributed by atoms with Gasteiger partial charge in [0.15, 0.2) is 5.69 Å². The summed E-state index contributed by atoms with van der Waals surface area (Å²) < 4.78 is 53.7. The zero-order valence-electron chi connectivity index (χ0n) is 13.3. The molecular formula is C15H15F4N5S. The maximum Gasteiger partial charge on any atom is 0.435 e. The van der Waals surface area contributed by atoms with E-state index in [9.17, 15) is 17.6 Å². The number of hydrogen-bond donors (Lipinski definition) is 3. The quantitative estimate of drug-likeness (QED) is 0.564. The summed E-state index contributed by atoms with van der Waals surface area (Å²) in [6.07, 6.45) is -4.57. The summed E-state index contributed by atoms with van der Waals surface area (Å²) in [5.41, 5.74) is 3.53. The number of nitrogens with zero attached hydrogens (tertiary/aromatic N) is 2. The van der Waals surface area contributed by atoms with Gasteiger partial charge in [-0.05, 0) is 43.1 Å². The predicted octanol–water partition coefficient (Wildman–Crippen LogP) is 3.64. The molecule has 1 aliphatic heterocycles. The molecule has 0 radical (unpaired) electrons. The molecule has 5 nitrogen and oxygen atoms in total. The van der Waals surface area contributed by atoms with Gasteiger partial charge in [0, 0.05) is 35.4 Å². The Morgan fingerprint density at radius 3 is 2.60 bits per heavy atom. The molecule has 0 saturated heterocycles. The Morgan fingerprint density at radius 1 is 1.28 bits per heavy atom. The number of nitrogens with one attached hydrogen (secondary N) is 3. The van der Waals surface area contributed by atoms with Crippen LogP contribution in [0.1, 0.15) is 12.6 Å². The van der Waals surface area contributed by atoms with Gasteiger partial charge >= 0.3 is 6.18 Å². The lowest BCUT2D eigenvalue weighted by atomic mass is 10.1. The van der Waals surface area contributed by atoms with E-state index in [2.05, 4.69) is 20.7 Å². The van der Waals surface area contributed by atoms with E-state index < -0.39 is 17.7 Å². The average molecular weight is 373 g/mol. The van der Waals surface area contributed by atoms with E-state index in [-0.39, 0.29) is 11.3 Å². The lowest BCUT2D eigenvalue weighted by molar-refractivity contribution is -0.141. The SMILES string of the molecule is CC1=C(CNc2ccc(-c3cc(C(F)(F)F)nn3C)c(F)c2)SNN1. The Morgan fingerprint density at radius 2 is 2.04 bits per heavy atom. The number of anilines is 1. The number of allylic oxidation sites excluding steroid dienone is 1. The molecule has 2 heterocycles. The van der Waals surface area contributed by atoms with Crippen molar-refractivity contribution in [2.45, 2.75) is 13.1 Å². The van der Waals surface area contributed by atoms with Gasteiger partial charge < -0.3 is 10.7 Å². The van der Waals surface area contributed by atoms with Crippen LogP contribution in [-0.4, -0.2) is 16.3 Å². The summed E-state index contributed by atoms with van der Waals surface area (Å²) in [6.45, 7) is 2.41. The zero-order chi connectivity index (χ0) is 18.2. The fraction of sp³-hybridized carbons (Fsp3) is 0.267. The fourth-order valence-corrected chi connectivity index (χ4v) is 3.03. The molecule has 1 aromatic heterocycles. The van der Waals surface area contributed by atoms with Crippen LogP contribution in [0.15, 0.2) is 34.9 Å². The molecule has 1 aromatic carbocycles. The van der Waals surface area contributed by atoms with Gasteiger partial charge in [0.2, 0.25) is 0 Å². The molecule has 0 atom stereocenters. The molecule has 25 heavy (non-hydrogen) atoms. The van der Waals surface area contributed by atoms with Crippen molar-refractivity contribution >= 4 is 17.6 Å². The molecular weight excluding hydrogens is 358 g/mol. The minimum Gasteiger partial charge on any atom is -0.380 e. The van der Waals surface area contributed by atoms with Gasteiger partial charge in [-0.3, -0.25) is 4.68 Å². The van der Waals surface area contributed by atoms with E-state index in [1.807, 2.05) is 6.92 Å². The van der Waals surface area contributed by atoms with Crippen molar-refractivity contribution in [3.05, 3.63) is 46.4 Å². The Hall–Kier alpha value is -2.20. The first-order valence-corrected chi connectivity index (χ1v) is 8.10. The van der Waals surface area contributed by atoms with Crippen molar-refractivity contribution in [2.75, 3.05) is 11.9 Å². The van der Waals surface area contributed by atoms with Gasteiger partial charge in [0.25, 0.3) is 0 Å². The largest absolute Gasteiger partial charge is 0.435 e. The molecule has 0 saturated carbocycles. The Bertz CT molecular complexity index is 828. The fourth-order valence-electron chi connectivity index (χ4n) is 2.35. The average Bonchev–Trinajstić information content (AvgIpc) is 3.11. The van der Waals surface area contributed by atoms with E-state index in [0.717, 1.165) is 21.4 Å². The highest BCUT2D eigenvalue weighted by molar-refractivity contribution is 8.01. The number of halogens is 4. The number of aromatic nitrogens is 2. The van der Waals surface area contributed by atoms with Crippen LogP contribution in [0.5, 0.6) is 0 Å². The molecule has 3 rings (SSSR count). The summed E-state index contributed by atoms with van der Waals surface area (Å²) in [6, 6.07) is 5.15. The van der Waals surface area contributed by atoms with E-state index in [4.69, 9.17) is 0 Å². The second-order valence-electron chi connectivity index (χ2n) is 5.46. The highest BCUT2D eigenvalue weighted by Crippen LogP contribution is 2.33. The van der Waals surface area contributed by atoms with Gasteiger partial charge in [-0.25, -0.2) is 4.39 Å². The van der Waals surface area contributed by atoms with Crippen molar-refractivity contribution in [1.29, 1.82) is 0 Å². The van der Waals surface area contributed by atoms with Crippen molar-refractivity contribution < 1.29 is 17.6 Å². The minimum absolute atomic E-state index is 0.0602. The summed E-state index contributed by atoms with van der Waals surface area (Å²) in [5, 5.41) is 6.48. The number of hydrogen-bond acceptors (Lipinski definition) is 5. The summed E-state index contributed by atoms with van der Waals surface area (Å²) >= 11 is 1.43. The molecule has 2 aromatic rings. The Balaban J connectivity index is 1.81. The number of hydrazine groups is 1. The molecule has 0 spiro atoms. The van der Waals surface area contributed by atoms with Crippen LogP contribution in [0.2, 0.25) is 0 Å². The van der Waals surface area contributed by atoms with Crippen molar-refractivity contribution in [3.8, 4) is 11.3 Å². The van der Waals surface area contributed by atoms with Crippen LogP contribution >= 0.6 is 11.9 Å². The highest BCUT2D eigenvalue weighted by Gasteiger charge is 2.35. The minimum atomic E-state index is -4.57. The topological polar surface area (TPSA) is 53.9 Å². The molecule has 134 valence electrons. The molecule has 0 amide bonds. The smallest absolute Gasteiger partial charge is 0.380 e. The number of rotatable bonds is 4. The summed E-state index contributed by atoms with van der Waals surface area (Å²) in [4.78, 5) is 3.93. The van der Waals surface area contributed by atoms with E-state index in [1.54, 1.807) is 6.07 Å². The first-order valence-electron chi connectivity index (χ1n) is 7.28. The summed E-state index contributed by atoms with van der Waals surface area (Å²) in [5.74, 6) is -0.622. The number of benzene rings is 1. The molecule has 0 aliphatic carbocycles. The lowest BCUT2D eigenvalue weighted by Gasteiger charge is -2.09. The van der Waals surface area contributed by atoms with Crippen LogP contribution in [-0.2, 0) is 13.2 Å². The van der Waals surface area contributed by atoms with Crippen molar-refractivity contribution in [2.24, 2.45) is 7.05 Å². The predicted molar refractivity (Wildman–Crippen MR) is 88.7 cm³/mol. The maximum atomic E-state index is 14.4.